The van der Waals surface area contributed by atoms with Crippen molar-refractivity contribution in [2.45, 2.75) is 39.7 Å². The van der Waals surface area contributed by atoms with Crippen molar-refractivity contribution in [2.75, 3.05) is 0 Å². The smallest absolute Gasteiger partial charge is 0.0422 e. The molecule has 0 aliphatic rings. The van der Waals surface area contributed by atoms with E-state index in [0.29, 0.717) is 0 Å². The van der Waals surface area contributed by atoms with Crippen molar-refractivity contribution in [1.29, 1.82) is 0 Å². The maximum absolute atomic E-state index is 6.56. The van der Waals surface area contributed by atoms with Gasteiger partial charge in [-0.15, -0.1) is 0 Å². The Hall–Kier alpha value is -1.31. The molecule has 0 amide bonds. The zero-order valence-electron chi connectivity index (χ0n) is 12.6. The van der Waals surface area contributed by atoms with E-state index < -0.39 is 5.54 Å². The Morgan fingerprint density at radius 3 is 2.20 bits per heavy atom. The second-order valence-corrected chi connectivity index (χ2v) is 6.42. The highest BCUT2D eigenvalue weighted by Gasteiger charge is 2.23. The molecule has 1 atom stereocenters. The number of aryl methyl sites for hydroxylation is 3. The van der Waals surface area contributed by atoms with E-state index in [4.69, 9.17) is 17.3 Å². The van der Waals surface area contributed by atoms with Gasteiger partial charge in [-0.3, -0.25) is 0 Å². The number of benzene rings is 2. The molecule has 0 saturated carbocycles. The van der Waals surface area contributed by atoms with E-state index in [-0.39, 0.29) is 0 Å². The van der Waals surface area contributed by atoms with Gasteiger partial charge in [-0.1, -0.05) is 41.4 Å². The number of rotatable bonds is 3. The van der Waals surface area contributed by atoms with Gasteiger partial charge in [-0.25, -0.2) is 0 Å². The molecule has 0 aromatic heterocycles. The molecule has 0 aliphatic carbocycles. The molecule has 106 valence electrons. The minimum absolute atomic E-state index is 0.421. The van der Waals surface area contributed by atoms with Crippen LogP contribution in [0, 0.1) is 20.8 Å². The predicted octanol–water partition coefficient (Wildman–Crippen LogP) is 4.68. The molecule has 0 radical (unpaired) electrons. The molecule has 1 nitrogen and oxygen atoms in total. The van der Waals surface area contributed by atoms with Crippen LogP contribution in [0.15, 0.2) is 36.4 Å². The van der Waals surface area contributed by atoms with Crippen LogP contribution in [-0.4, -0.2) is 0 Å². The highest BCUT2D eigenvalue weighted by Crippen LogP contribution is 2.28. The lowest BCUT2D eigenvalue weighted by Crippen LogP contribution is -2.36. The number of nitrogens with two attached hydrogens (primary N) is 1. The van der Waals surface area contributed by atoms with Crippen LogP contribution in [0.25, 0.3) is 0 Å². The van der Waals surface area contributed by atoms with Gasteiger partial charge in [0.25, 0.3) is 0 Å². The fraction of sp³-hybridized carbons (Fsp3) is 0.333. The van der Waals surface area contributed by atoms with Crippen LogP contribution in [-0.2, 0) is 12.0 Å². The van der Waals surface area contributed by atoms with Gasteiger partial charge in [0.2, 0.25) is 0 Å². The van der Waals surface area contributed by atoms with Crippen molar-refractivity contribution < 1.29 is 0 Å². The largest absolute Gasteiger partial charge is 0.321 e. The number of halogens is 1. The first-order chi connectivity index (χ1) is 9.29. The molecule has 0 fully saturated rings. The first-order valence-corrected chi connectivity index (χ1v) is 7.29. The standard InChI is InChI=1S/C18H22ClN/c1-12-8-13(2)17(14(3)9-12)11-18(4,20)15-6-5-7-16(19)10-15/h5-10H,11,20H2,1-4H3. The molecule has 2 aromatic rings. The summed E-state index contributed by atoms with van der Waals surface area (Å²) < 4.78 is 0. The van der Waals surface area contributed by atoms with E-state index in [1.165, 1.54) is 22.3 Å². The Labute approximate surface area is 126 Å². The second-order valence-electron chi connectivity index (χ2n) is 5.98. The normalized spacial score (nSPS) is 14.1. The zero-order valence-corrected chi connectivity index (χ0v) is 13.4. The van der Waals surface area contributed by atoms with E-state index in [0.717, 1.165) is 17.0 Å². The fourth-order valence-electron chi connectivity index (χ4n) is 2.80. The Morgan fingerprint density at radius 1 is 1.05 bits per heavy atom. The maximum Gasteiger partial charge on any atom is 0.0422 e. The Kier molecular flexibility index (Phi) is 4.22. The summed E-state index contributed by atoms with van der Waals surface area (Å²) in [4.78, 5) is 0. The lowest BCUT2D eigenvalue weighted by atomic mass is 9.83. The average molecular weight is 288 g/mol. The zero-order chi connectivity index (χ0) is 14.9. The van der Waals surface area contributed by atoms with E-state index in [1.807, 2.05) is 24.3 Å². The molecular formula is C18H22ClN. The summed E-state index contributed by atoms with van der Waals surface area (Å²) in [5.41, 5.74) is 12.5. The molecule has 0 spiro atoms. The molecule has 0 aliphatic heterocycles. The van der Waals surface area contributed by atoms with Gasteiger partial charge in [0.1, 0.15) is 0 Å². The van der Waals surface area contributed by atoms with Crippen LogP contribution < -0.4 is 5.73 Å². The summed E-state index contributed by atoms with van der Waals surface area (Å²) in [7, 11) is 0. The highest BCUT2D eigenvalue weighted by atomic mass is 35.5. The topological polar surface area (TPSA) is 26.0 Å². The highest BCUT2D eigenvalue weighted by molar-refractivity contribution is 6.30. The van der Waals surface area contributed by atoms with Gasteiger partial charge in [0.05, 0.1) is 0 Å². The van der Waals surface area contributed by atoms with Gasteiger partial charge in [0, 0.05) is 10.6 Å². The van der Waals surface area contributed by atoms with Crippen LogP contribution >= 0.6 is 11.6 Å². The monoisotopic (exact) mass is 287 g/mol. The second kappa shape index (κ2) is 5.59. The summed E-state index contributed by atoms with van der Waals surface area (Å²) in [5, 5.41) is 0.733. The van der Waals surface area contributed by atoms with Crippen LogP contribution in [0.1, 0.15) is 34.7 Å². The molecule has 0 bridgehead atoms. The fourth-order valence-corrected chi connectivity index (χ4v) is 2.99. The molecule has 0 saturated heterocycles. The van der Waals surface area contributed by atoms with Crippen molar-refractivity contribution in [2.24, 2.45) is 5.73 Å². The molecule has 1 unspecified atom stereocenters. The average Bonchev–Trinajstić information content (AvgIpc) is 2.34. The van der Waals surface area contributed by atoms with Crippen LogP contribution in [0.5, 0.6) is 0 Å². The van der Waals surface area contributed by atoms with Gasteiger partial charge >= 0.3 is 0 Å². The van der Waals surface area contributed by atoms with E-state index in [9.17, 15) is 0 Å². The van der Waals surface area contributed by atoms with Gasteiger partial charge in [-0.05, 0) is 68.5 Å². The maximum atomic E-state index is 6.56. The third-order valence-electron chi connectivity index (χ3n) is 3.87. The lowest BCUT2D eigenvalue weighted by Gasteiger charge is -2.27. The lowest BCUT2D eigenvalue weighted by molar-refractivity contribution is 0.489. The quantitative estimate of drug-likeness (QED) is 0.871. The number of hydrogen-bond donors (Lipinski definition) is 1. The van der Waals surface area contributed by atoms with Crippen molar-refractivity contribution in [3.8, 4) is 0 Å². The Balaban J connectivity index is 2.38. The van der Waals surface area contributed by atoms with Crippen molar-refractivity contribution >= 4 is 11.6 Å². The molecular weight excluding hydrogens is 266 g/mol. The summed E-state index contributed by atoms with van der Waals surface area (Å²) in [6.45, 7) is 8.51. The van der Waals surface area contributed by atoms with Crippen LogP contribution in [0.2, 0.25) is 5.02 Å². The van der Waals surface area contributed by atoms with Crippen molar-refractivity contribution in [1.82, 2.24) is 0 Å². The summed E-state index contributed by atoms with van der Waals surface area (Å²) in [6, 6.07) is 12.3. The predicted molar refractivity (Wildman–Crippen MR) is 87.3 cm³/mol. The minimum Gasteiger partial charge on any atom is -0.321 e. The van der Waals surface area contributed by atoms with Gasteiger partial charge in [0.15, 0.2) is 0 Å². The summed E-state index contributed by atoms with van der Waals surface area (Å²) in [6.07, 6.45) is 0.811. The van der Waals surface area contributed by atoms with E-state index in [1.54, 1.807) is 0 Å². The summed E-state index contributed by atoms with van der Waals surface area (Å²) >= 11 is 6.08. The minimum atomic E-state index is -0.421. The SMILES string of the molecule is Cc1cc(C)c(CC(C)(N)c2cccc(Cl)c2)c(C)c1. The third-order valence-corrected chi connectivity index (χ3v) is 4.10. The molecule has 2 heteroatoms. The number of hydrogen-bond acceptors (Lipinski definition) is 1. The van der Waals surface area contributed by atoms with Gasteiger partial charge in [-0.2, -0.15) is 0 Å². The van der Waals surface area contributed by atoms with E-state index in [2.05, 4.69) is 39.8 Å². The summed E-state index contributed by atoms with van der Waals surface area (Å²) in [5.74, 6) is 0. The van der Waals surface area contributed by atoms with Crippen LogP contribution in [0.3, 0.4) is 0 Å². The van der Waals surface area contributed by atoms with Crippen molar-refractivity contribution in [3.63, 3.8) is 0 Å². The Bertz CT molecular complexity index is 606. The van der Waals surface area contributed by atoms with E-state index >= 15 is 0 Å². The first-order valence-electron chi connectivity index (χ1n) is 6.91. The Morgan fingerprint density at radius 2 is 1.65 bits per heavy atom. The third kappa shape index (κ3) is 3.23. The molecule has 2 N–H and O–H groups in total. The van der Waals surface area contributed by atoms with Crippen LogP contribution in [0.4, 0.5) is 0 Å². The molecule has 20 heavy (non-hydrogen) atoms. The van der Waals surface area contributed by atoms with Gasteiger partial charge < -0.3 is 5.73 Å². The molecule has 2 rings (SSSR count). The first kappa shape index (κ1) is 15.1. The molecule has 0 heterocycles. The van der Waals surface area contributed by atoms with Crippen molar-refractivity contribution in [3.05, 3.63) is 69.2 Å². The molecule has 2 aromatic carbocycles.